The predicted molar refractivity (Wildman–Crippen MR) is 54.9 cm³/mol. The molecule has 1 heterocycles. The zero-order valence-corrected chi connectivity index (χ0v) is 9.56. The molecule has 0 unspecified atom stereocenters. The highest BCUT2D eigenvalue weighted by Gasteiger charge is 2.34. The van der Waals surface area contributed by atoms with Gasteiger partial charge in [0, 0.05) is 26.7 Å². The van der Waals surface area contributed by atoms with Crippen molar-refractivity contribution in [3.8, 4) is 0 Å². The molecule has 6 heteroatoms. The maximum Gasteiger partial charge on any atom is 0.303 e. The first-order valence-corrected chi connectivity index (χ1v) is 4.99. The van der Waals surface area contributed by atoms with E-state index >= 15 is 0 Å². The Morgan fingerprint density at radius 1 is 1.31 bits per heavy atom. The monoisotopic (exact) mass is 234 g/mol. The van der Waals surface area contributed by atoms with Crippen molar-refractivity contribution in [3.05, 3.63) is 0 Å². The Morgan fingerprint density at radius 3 is 2.06 bits per heavy atom. The van der Waals surface area contributed by atoms with Crippen LogP contribution >= 0.6 is 0 Å². The van der Waals surface area contributed by atoms with Gasteiger partial charge < -0.3 is 19.7 Å². The third kappa shape index (κ3) is 6.36. The van der Waals surface area contributed by atoms with E-state index in [1.165, 1.54) is 6.92 Å². The van der Waals surface area contributed by atoms with Gasteiger partial charge in [0.15, 0.2) is 0 Å². The lowest BCUT2D eigenvalue weighted by atomic mass is 9.95. The van der Waals surface area contributed by atoms with Crippen LogP contribution < -0.4 is 0 Å². The van der Waals surface area contributed by atoms with Crippen molar-refractivity contribution in [3.63, 3.8) is 0 Å². The predicted octanol–water partition coefficient (Wildman–Crippen LogP) is 0.182. The van der Waals surface area contributed by atoms with Gasteiger partial charge in [0.1, 0.15) is 5.60 Å². The number of aliphatic hydroxyl groups is 1. The highest BCUT2D eigenvalue weighted by molar-refractivity contribution is 5.66. The van der Waals surface area contributed by atoms with Crippen molar-refractivity contribution >= 4 is 11.9 Å². The third-order valence-electron chi connectivity index (χ3n) is 2.05. The first-order chi connectivity index (χ1) is 7.42. The van der Waals surface area contributed by atoms with Crippen LogP contribution in [0.2, 0.25) is 0 Å². The summed E-state index contributed by atoms with van der Waals surface area (Å²) in [6.07, 6.45) is 1.17. The van der Waals surface area contributed by atoms with Crippen molar-refractivity contribution in [1.82, 2.24) is 0 Å². The van der Waals surface area contributed by atoms with Gasteiger partial charge in [-0.15, -0.1) is 0 Å². The number of carboxylic acid groups (broad SMARTS) is 1. The molecular formula is C10H18O6. The van der Waals surface area contributed by atoms with Crippen LogP contribution in [0.15, 0.2) is 0 Å². The van der Waals surface area contributed by atoms with Crippen molar-refractivity contribution in [2.75, 3.05) is 19.8 Å². The van der Waals surface area contributed by atoms with E-state index in [0.717, 1.165) is 6.92 Å². The lowest BCUT2D eigenvalue weighted by Crippen LogP contribution is -2.43. The molecule has 0 aromatic carbocycles. The molecule has 1 fully saturated rings. The van der Waals surface area contributed by atoms with Crippen LogP contribution in [0.25, 0.3) is 0 Å². The van der Waals surface area contributed by atoms with Gasteiger partial charge >= 0.3 is 5.97 Å². The molecular weight excluding hydrogens is 216 g/mol. The maximum atomic E-state index is 10.7. The zero-order chi connectivity index (χ0) is 12.6. The molecule has 0 saturated carbocycles. The van der Waals surface area contributed by atoms with Gasteiger partial charge in [-0.2, -0.15) is 0 Å². The summed E-state index contributed by atoms with van der Waals surface area (Å²) < 4.78 is 10.2. The molecule has 0 aliphatic carbocycles. The van der Waals surface area contributed by atoms with Gasteiger partial charge in [-0.3, -0.25) is 9.59 Å². The number of ether oxygens (including phenoxy) is 2. The number of esters is 1. The first kappa shape index (κ1) is 14.9. The van der Waals surface area contributed by atoms with E-state index in [0.29, 0.717) is 26.1 Å². The number of aliphatic carboxylic acids is 1. The molecule has 1 aliphatic rings. The smallest absolute Gasteiger partial charge is 0.303 e. The minimum atomic E-state index is -0.833. The van der Waals surface area contributed by atoms with E-state index in [4.69, 9.17) is 24.5 Å². The van der Waals surface area contributed by atoms with Crippen LogP contribution in [0.5, 0.6) is 0 Å². The van der Waals surface area contributed by atoms with Gasteiger partial charge in [0.2, 0.25) is 0 Å². The minimum absolute atomic E-state index is 0.115. The average Bonchev–Trinajstić information content (AvgIpc) is 2.17. The number of hydrogen-bond acceptors (Lipinski definition) is 5. The van der Waals surface area contributed by atoms with E-state index in [1.807, 2.05) is 0 Å². The van der Waals surface area contributed by atoms with Gasteiger partial charge in [-0.05, 0) is 0 Å². The van der Waals surface area contributed by atoms with Crippen LogP contribution in [-0.2, 0) is 19.1 Å². The maximum absolute atomic E-state index is 10.7. The number of rotatable bonds is 2. The SMILES string of the molecule is CC(=O)O.CC(=O)OC1(CO)CCOCC1. The van der Waals surface area contributed by atoms with Crippen LogP contribution in [0.3, 0.4) is 0 Å². The Balaban J connectivity index is 0.000000487. The number of carbonyl (C=O) groups excluding carboxylic acids is 1. The van der Waals surface area contributed by atoms with Gasteiger partial charge in [-0.1, -0.05) is 0 Å². The molecule has 16 heavy (non-hydrogen) atoms. The van der Waals surface area contributed by atoms with Crippen LogP contribution in [-0.4, -0.2) is 47.6 Å². The fourth-order valence-corrected chi connectivity index (χ4v) is 1.34. The molecule has 6 nitrogen and oxygen atoms in total. The summed E-state index contributed by atoms with van der Waals surface area (Å²) in [7, 11) is 0. The highest BCUT2D eigenvalue weighted by atomic mass is 16.6. The molecule has 1 rings (SSSR count). The molecule has 0 atom stereocenters. The summed E-state index contributed by atoms with van der Waals surface area (Å²) in [5.41, 5.74) is -0.677. The van der Waals surface area contributed by atoms with Crippen LogP contribution in [0.1, 0.15) is 26.7 Å². The van der Waals surface area contributed by atoms with E-state index in [-0.39, 0.29) is 12.6 Å². The van der Waals surface area contributed by atoms with Crippen molar-refractivity contribution in [2.24, 2.45) is 0 Å². The minimum Gasteiger partial charge on any atom is -0.481 e. The van der Waals surface area contributed by atoms with Crippen molar-refractivity contribution < 1.29 is 29.3 Å². The lowest BCUT2D eigenvalue weighted by Gasteiger charge is -2.34. The largest absolute Gasteiger partial charge is 0.481 e. The van der Waals surface area contributed by atoms with E-state index in [1.54, 1.807) is 0 Å². The highest BCUT2D eigenvalue weighted by Crippen LogP contribution is 2.24. The normalized spacial score (nSPS) is 17.9. The molecule has 0 amide bonds. The second-order valence-electron chi connectivity index (χ2n) is 3.57. The average molecular weight is 234 g/mol. The Hall–Kier alpha value is -1.14. The standard InChI is InChI=1S/C8H14O4.C2H4O2/c1-7(10)12-8(6-9)2-4-11-5-3-8;1-2(3)4/h9H,2-6H2,1H3;1H3,(H,3,4). The van der Waals surface area contributed by atoms with Gasteiger partial charge in [-0.25, -0.2) is 0 Å². The Kier molecular flexibility index (Phi) is 6.67. The molecule has 0 aromatic rings. The summed E-state index contributed by atoms with van der Waals surface area (Å²) >= 11 is 0. The molecule has 0 spiro atoms. The second kappa shape index (κ2) is 7.19. The molecule has 1 aliphatic heterocycles. The Morgan fingerprint density at radius 2 is 1.75 bits per heavy atom. The van der Waals surface area contributed by atoms with Crippen LogP contribution in [0.4, 0.5) is 0 Å². The summed E-state index contributed by atoms with van der Waals surface area (Å²) in [5, 5.41) is 16.5. The Labute approximate surface area is 94.2 Å². The third-order valence-corrected chi connectivity index (χ3v) is 2.05. The topological polar surface area (TPSA) is 93.1 Å². The number of aliphatic hydroxyl groups excluding tert-OH is 1. The van der Waals surface area contributed by atoms with E-state index in [9.17, 15) is 4.79 Å². The van der Waals surface area contributed by atoms with Gasteiger partial charge in [0.05, 0.1) is 19.8 Å². The summed E-state index contributed by atoms with van der Waals surface area (Å²) in [6.45, 7) is 3.42. The molecule has 1 saturated heterocycles. The molecule has 2 N–H and O–H groups in total. The molecule has 0 aromatic heterocycles. The first-order valence-electron chi connectivity index (χ1n) is 4.99. The molecule has 0 bridgehead atoms. The van der Waals surface area contributed by atoms with Crippen molar-refractivity contribution in [1.29, 1.82) is 0 Å². The summed E-state index contributed by atoms with van der Waals surface area (Å²) in [5.74, 6) is -1.18. The van der Waals surface area contributed by atoms with Crippen LogP contribution in [0, 0.1) is 0 Å². The number of hydrogen-bond donors (Lipinski definition) is 2. The van der Waals surface area contributed by atoms with E-state index < -0.39 is 11.6 Å². The molecule has 0 radical (unpaired) electrons. The van der Waals surface area contributed by atoms with Crippen molar-refractivity contribution in [2.45, 2.75) is 32.3 Å². The summed E-state index contributed by atoms with van der Waals surface area (Å²) in [4.78, 5) is 19.7. The Bertz CT molecular complexity index is 227. The second-order valence-corrected chi connectivity index (χ2v) is 3.57. The lowest BCUT2D eigenvalue weighted by molar-refractivity contribution is -0.173. The fraction of sp³-hybridized carbons (Fsp3) is 0.800. The zero-order valence-electron chi connectivity index (χ0n) is 9.56. The molecule has 94 valence electrons. The number of carboxylic acids is 1. The summed E-state index contributed by atoms with van der Waals surface area (Å²) in [6, 6.07) is 0. The number of carbonyl (C=O) groups is 2. The van der Waals surface area contributed by atoms with Gasteiger partial charge in [0.25, 0.3) is 5.97 Å². The fourth-order valence-electron chi connectivity index (χ4n) is 1.34. The quantitative estimate of drug-likeness (QED) is 0.662. The van der Waals surface area contributed by atoms with E-state index in [2.05, 4.69) is 0 Å².